The molecule has 0 aliphatic carbocycles. The van der Waals surface area contributed by atoms with E-state index < -0.39 is 0 Å². The molecule has 12 aromatic rings. The number of aromatic nitrogens is 5. The summed E-state index contributed by atoms with van der Waals surface area (Å²) in [6.45, 7) is 0. The molecule has 12 rings (SSSR count). The third-order valence-corrected chi connectivity index (χ3v) is 12.0. The van der Waals surface area contributed by atoms with E-state index in [1.807, 2.05) is 35.7 Å². The molecular weight excluding hydrogens is 695 g/mol. The number of thiophene rings is 1. The lowest BCUT2D eigenvalue weighted by atomic mass is 10.0. The van der Waals surface area contributed by atoms with Gasteiger partial charge in [0.25, 0.3) is 0 Å². The van der Waals surface area contributed by atoms with Crippen molar-refractivity contribution < 1.29 is 4.42 Å². The fraction of sp³-hybridized carbons (Fsp3) is 0. The SMILES string of the molecule is c1ccc2cc(-c3nc(-c4cccc5oc6ccncc6c45)nc(-n4c5ccccc5c5cc(-c6cccc7c6sc6ccccc67)ccc54)n3)ccc2c1. The number of furan rings is 1. The molecule has 7 heteroatoms. The molecule has 0 spiro atoms. The van der Waals surface area contributed by atoms with Gasteiger partial charge < -0.3 is 4.42 Å². The number of pyridine rings is 1. The highest BCUT2D eigenvalue weighted by Crippen LogP contribution is 2.42. The smallest absolute Gasteiger partial charge is 0.238 e. The average molecular weight is 722 g/mol. The summed E-state index contributed by atoms with van der Waals surface area (Å²) in [6.07, 6.45) is 3.60. The van der Waals surface area contributed by atoms with Crippen molar-refractivity contribution in [2.24, 2.45) is 0 Å². The number of benzene rings is 7. The van der Waals surface area contributed by atoms with E-state index in [1.54, 1.807) is 6.20 Å². The standard InChI is InChI=1S/C48H27N5OS/c1-2-10-29-25-31(20-19-28(29)9-1)46-50-47(36-15-8-17-42-44(36)38-27-49-24-23-41(38)54-42)52-48(51-46)53-39-16-5-3-11-33(39)37-26-30(21-22-40(37)53)32-13-7-14-35-34-12-4-6-18-43(34)55-45(32)35/h1-27H. The third-order valence-electron chi connectivity index (χ3n) is 10.8. The van der Waals surface area contributed by atoms with Crippen LogP contribution in [0.5, 0.6) is 0 Å². The van der Waals surface area contributed by atoms with Crippen molar-refractivity contribution in [3.63, 3.8) is 0 Å². The summed E-state index contributed by atoms with van der Waals surface area (Å²) >= 11 is 1.85. The first-order valence-corrected chi connectivity index (χ1v) is 19.0. The summed E-state index contributed by atoms with van der Waals surface area (Å²) in [6, 6.07) is 53.3. The highest BCUT2D eigenvalue weighted by molar-refractivity contribution is 7.26. The molecule has 0 saturated heterocycles. The van der Waals surface area contributed by atoms with Gasteiger partial charge in [0.15, 0.2) is 11.6 Å². The van der Waals surface area contributed by atoms with Crippen molar-refractivity contribution in [3.05, 3.63) is 164 Å². The zero-order valence-corrected chi connectivity index (χ0v) is 30.0. The van der Waals surface area contributed by atoms with Crippen LogP contribution >= 0.6 is 11.3 Å². The Bertz CT molecular complexity index is 3520. The maximum atomic E-state index is 6.27. The van der Waals surface area contributed by atoms with Gasteiger partial charge in [-0.3, -0.25) is 9.55 Å². The largest absolute Gasteiger partial charge is 0.456 e. The van der Waals surface area contributed by atoms with Crippen LogP contribution in [0.4, 0.5) is 0 Å². The maximum Gasteiger partial charge on any atom is 0.238 e. The molecule has 0 bridgehead atoms. The van der Waals surface area contributed by atoms with Crippen molar-refractivity contribution in [1.29, 1.82) is 0 Å². The quantitative estimate of drug-likeness (QED) is 0.181. The van der Waals surface area contributed by atoms with Crippen LogP contribution in [0.1, 0.15) is 0 Å². The molecule has 5 heterocycles. The number of rotatable bonds is 4. The second-order valence-corrected chi connectivity index (χ2v) is 14.9. The first-order valence-electron chi connectivity index (χ1n) is 18.2. The summed E-state index contributed by atoms with van der Waals surface area (Å²) < 4.78 is 11.0. The van der Waals surface area contributed by atoms with E-state index in [0.29, 0.717) is 17.6 Å². The highest BCUT2D eigenvalue weighted by Gasteiger charge is 2.21. The molecule has 0 saturated carbocycles. The van der Waals surface area contributed by atoms with Crippen LogP contribution in [0, 0.1) is 0 Å². The molecule has 0 aliphatic heterocycles. The maximum absolute atomic E-state index is 6.27. The summed E-state index contributed by atoms with van der Waals surface area (Å²) in [5.41, 5.74) is 7.74. The molecule has 7 aromatic carbocycles. The minimum atomic E-state index is 0.543. The van der Waals surface area contributed by atoms with Crippen LogP contribution in [0.25, 0.3) is 115 Å². The van der Waals surface area contributed by atoms with Gasteiger partial charge in [-0.1, -0.05) is 109 Å². The van der Waals surface area contributed by atoms with Gasteiger partial charge in [0, 0.05) is 65.2 Å². The van der Waals surface area contributed by atoms with E-state index in [1.165, 1.54) is 31.3 Å². The number of fused-ring (bicyclic) bond motifs is 10. The molecule has 5 aromatic heterocycles. The minimum absolute atomic E-state index is 0.543. The van der Waals surface area contributed by atoms with E-state index in [-0.39, 0.29) is 0 Å². The zero-order valence-electron chi connectivity index (χ0n) is 29.1. The fourth-order valence-corrected chi connectivity index (χ4v) is 9.47. The number of hydrogen-bond acceptors (Lipinski definition) is 6. The summed E-state index contributed by atoms with van der Waals surface area (Å²) in [5, 5.41) is 8.97. The fourth-order valence-electron chi connectivity index (χ4n) is 8.23. The van der Waals surface area contributed by atoms with Crippen molar-refractivity contribution in [3.8, 4) is 39.9 Å². The van der Waals surface area contributed by atoms with Gasteiger partial charge in [-0.15, -0.1) is 11.3 Å². The van der Waals surface area contributed by atoms with Gasteiger partial charge in [-0.2, -0.15) is 9.97 Å². The Kier molecular flexibility index (Phi) is 6.40. The number of nitrogens with zero attached hydrogens (tertiary/aromatic N) is 5. The molecular formula is C48H27N5OS. The monoisotopic (exact) mass is 721 g/mol. The minimum Gasteiger partial charge on any atom is -0.456 e. The van der Waals surface area contributed by atoms with E-state index >= 15 is 0 Å². The molecule has 0 fully saturated rings. The molecule has 0 aliphatic rings. The Labute approximate surface area is 317 Å². The predicted molar refractivity (Wildman–Crippen MR) is 226 cm³/mol. The van der Waals surface area contributed by atoms with E-state index in [9.17, 15) is 0 Å². The van der Waals surface area contributed by atoms with Crippen molar-refractivity contribution in [1.82, 2.24) is 24.5 Å². The van der Waals surface area contributed by atoms with Gasteiger partial charge in [0.05, 0.1) is 11.0 Å². The normalized spacial score (nSPS) is 12.0. The first kappa shape index (κ1) is 30.3. The molecule has 0 amide bonds. The van der Waals surface area contributed by atoms with Crippen LogP contribution in [0.15, 0.2) is 168 Å². The summed E-state index contributed by atoms with van der Waals surface area (Å²) in [5.74, 6) is 1.69. The lowest BCUT2D eigenvalue weighted by Crippen LogP contribution is -2.06. The van der Waals surface area contributed by atoms with Crippen LogP contribution in [0.2, 0.25) is 0 Å². The summed E-state index contributed by atoms with van der Waals surface area (Å²) in [4.78, 5) is 20.2. The molecule has 55 heavy (non-hydrogen) atoms. The molecule has 256 valence electrons. The Morgan fingerprint density at radius 3 is 2.22 bits per heavy atom. The van der Waals surface area contributed by atoms with Crippen LogP contribution in [-0.4, -0.2) is 24.5 Å². The second kappa shape index (κ2) is 11.6. The van der Waals surface area contributed by atoms with Gasteiger partial charge in [-0.05, 0) is 64.4 Å². The third kappa shape index (κ3) is 4.60. The first-order chi connectivity index (χ1) is 27.2. The lowest BCUT2D eigenvalue weighted by Gasteiger charge is -2.12. The Morgan fingerprint density at radius 1 is 0.491 bits per heavy atom. The second-order valence-electron chi connectivity index (χ2n) is 13.9. The molecule has 0 radical (unpaired) electrons. The van der Waals surface area contributed by atoms with Crippen LogP contribution < -0.4 is 0 Å². The number of hydrogen-bond donors (Lipinski definition) is 0. The predicted octanol–water partition coefficient (Wildman–Crippen LogP) is 12.8. The average Bonchev–Trinajstić information content (AvgIpc) is 3.93. The molecule has 0 atom stereocenters. The number of para-hydroxylation sites is 1. The van der Waals surface area contributed by atoms with E-state index in [4.69, 9.17) is 19.4 Å². The Hall–Kier alpha value is -7.22. The topological polar surface area (TPSA) is 69.6 Å². The van der Waals surface area contributed by atoms with Gasteiger partial charge in [0.1, 0.15) is 11.2 Å². The van der Waals surface area contributed by atoms with Crippen molar-refractivity contribution in [2.75, 3.05) is 0 Å². The van der Waals surface area contributed by atoms with Gasteiger partial charge >= 0.3 is 0 Å². The Morgan fingerprint density at radius 2 is 1.25 bits per heavy atom. The summed E-state index contributed by atoms with van der Waals surface area (Å²) in [7, 11) is 0. The van der Waals surface area contributed by atoms with E-state index in [2.05, 4.69) is 143 Å². The molecule has 0 unspecified atom stereocenters. The van der Waals surface area contributed by atoms with Crippen LogP contribution in [0.3, 0.4) is 0 Å². The lowest BCUT2D eigenvalue weighted by molar-refractivity contribution is 0.668. The zero-order chi connectivity index (χ0) is 36.0. The van der Waals surface area contributed by atoms with Crippen molar-refractivity contribution in [2.45, 2.75) is 0 Å². The Balaban J connectivity index is 1.12. The van der Waals surface area contributed by atoms with Crippen molar-refractivity contribution >= 4 is 86.0 Å². The van der Waals surface area contributed by atoms with E-state index in [0.717, 1.165) is 65.6 Å². The molecule has 0 N–H and O–H groups in total. The molecule has 6 nitrogen and oxygen atoms in total. The highest BCUT2D eigenvalue weighted by atomic mass is 32.1. The van der Waals surface area contributed by atoms with Crippen LogP contribution in [-0.2, 0) is 0 Å². The van der Waals surface area contributed by atoms with Gasteiger partial charge in [-0.25, -0.2) is 4.98 Å². The van der Waals surface area contributed by atoms with Gasteiger partial charge in [0.2, 0.25) is 5.95 Å².